The van der Waals surface area contributed by atoms with Crippen LogP contribution in [0.3, 0.4) is 0 Å². The summed E-state index contributed by atoms with van der Waals surface area (Å²) in [5.74, 6) is -1.45. The minimum atomic E-state index is -0.740. The molecule has 3 heteroatoms. The van der Waals surface area contributed by atoms with Gasteiger partial charge < -0.3 is 5.32 Å². The fourth-order valence-corrected chi connectivity index (χ4v) is 1.35. The third kappa shape index (κ3) is 2.51. The van der Waals surface area contributed by atoms with Crippen molar-refractivity contribution in [1.82, 2.24) is 5.32 Å². The molecule has 0 saturated heterocycles. The lowest BCUT2D eigenvalue weighted by Gasteiger charge is -2.06. The first-order valence-corrected chi connectivity index (χ1v) is 4.80. The second kappa shape index (κ2) is 5.05. The van der Waals surface area contributed by atoms with Crippen molar-refractivity contribution in [3.05, 3.63) is 34.9 Å². The number of likely N-dealkylation sites (N-methyl/N-ethyl adjacent to an activating group) is 1. The minimum absolute atomic E-state index is 0.455. The van der Waals surface area contributed by atoms with Gasteiger partial charge in [0.05, 0.1) is 0 Å². The summed E-state index contributed by atoms with van der Waals surface area (Å²) in [7, 11) is 1.79. The standard InChI is InChI=1S/C11H15F2N/c1-3-8-6-9(4-5-14-2)11(13)10(12)7-8/h6-7,14H,3-5H2,1-2H3. The highest BCUT2D eigenvalue weighted by Gasteiger charge is 2.09. The predicted octanol–water partition coefficient (Wildman–Crippen LogP) is 2.29. The summed E-state index contributed by atoms with van der Waals surface area (Å²) in [5, 5.41) is 2.91. The van der Waals surface area contributed by atoms with Gasteiger partial charge in [0.15, 0.2) is 11.6 Å². The van der Waals surface area contributed by atoms with Crippen LogP contribution in [-0.2, 0) is 12.8 Å². The van der Waals surface area contributed by atoms with Gasteiger partial charge in [0.1, 0.15) is 0 Å². The van der Waals surface area contributed by atoms with E-state index in [1.807, 2.05) is 6.92 Å². The summed E-state index contributed by atoms with van der Waals surface area (Å²) in [6.07, 6.45) is 1.25. The number of aryl methyl sites for hydroxylation is 1. The maximum Gasteiger partial charge on any atom is 0.162 e. The molecule has 0 radical (unpaired) electrons. The number of benzene rings is 1. The van der Waals surface area contributed by atoms with Crippen molar-refractivity contribution in [3.63, 3.8) is 0 Å². The van der Waals surface area contributed by atoms with Crippen LogP contribution in [-0.4, -0.2) is 13.6 Å². The first-order valence-electron chi connectivity index (χ1n) is 4.80. The van der Waals surface area contributed by atoms with Gasteiger partial charge >= 0.3 is 0 Å². The minimum Gasteiger partial charge on any atom is -0.319 e. The summed E-state index contributed by atoms with van der Waals surface area (Å²) >= 11 is 0. The van der Waals surface area contributed by atoms with E-state index >= 15 is 0 Å². The van der Waals surface area contributed by atoms with Crippen molar-refractivity contribution >= 4 is 0 Å². The Morgan fingerprint density at radius 3 is 2.57 bits per heavy atom. The maximum atomic E-state index is 13.2. The predicted molar refractivity (Wildman–Crippen MR) is 53.4 cm³/mol. The molecule has 0 saturated carbocycles. The topological polar surface area (TPSA) is 12.0 Å². The van der Waals surface area contributed by atoms with E-state index in [9.17, 15) is 8.78 Å². The molecule has 0 unspecified atom stereocenters. The van der Waals surface area contributed by atoms with Gasteiger partial charge in [0.25, 0.3) is 0 Å². The number of halogens is 2. The Kier molecular flexibility index (Phi) is 4.01. The van der Waals surface area contributed by atoms with Crippen molar-refractivity contribution in [1.29, 1.82) is 0 Å². The van der Waals surface area contributed by atoms with E-state index in [0.717, 1.165) is 12.0 Å². The second-order valence-electron chi connectivity index (χ2n) is 3.26. The van der Waals surface area contributed by atoms with Gasteiger partial charge in [-0.25, -0.2) is 8.78 Å². The van der Waals surface area contributed by atoms with E-state index < -0.39 is 11.6 Å². The van der Waals surface area contributed by atoms with E-state index in [1.165, 1.54) is 6.07 Å². The van der Waals surface area contributed by atoms with E-state index in [-0.39, 0.29) is 0 Å². The molecular weight excluding hydrogens is 184 g/mol. The number of nitrogens with one attached hydrogen (secondary N) is 1. The first kappa shape index (κ1) is 11.1. The summed E-state index contributed by atoms with van der Waals surface area (Å²) < 4.78 is 26.3. The molecule has 1 aromatic carbocycles. The number of hydrogen-bond acceptors (Lipinski definition) is 1. The molecular formula is C11H15F2N. The van der Waals surface area contributed by atoms with Crippen LogP contribution in [0.1, 0.15) is 18.1 Å². The lowest BCUT2D eigenvalue weighted by Crippen LogP contribution is -2.12. The van der Waals surface area contributed by atoms with Crippen molar-refractivity contribution in [2.24, 2.45) is 0 Å². The van der Waals surface area contributed by atoms with Gasteiger partial charge in [-0.05, 0) is 43.6 Å². The van der Waals surface area contributed by atoms with Gasteiger partial charge in [0, 0.05) is 0 Å². The van der Waals surface area contributed by atoms with Crippen molar-refractivity contribution < 1.29 is 8.78 Å². The van der Waals surface area contributed by atoms with Crippen LogP contribution in [0.2, 0.25) is 0 Å². The lowest BCUT2D eigenvalue weighted by molar-refractivity contribution is 0.496. The zero-order valence-electron chi connectivity index (χ0n) is 8.53. The highest BCUT2D eigenvalue weighted by Crippen LogP contribution is 2.15. The highest BCUT2D eigenvalue weighted by atomic mass is 19.2. The zero-order chi connectivity index (χ0) is 10.6. The van der Waals surface area contributed by atoms with Crippen LogP contribution in [0, 0.1) is 11.6 Å². The van der Waals surface area contributed by atoms with Gasteiger partial charge in [0.2, 0.25) is 0 Å². The second-order valence-corrected chi connectivity index (χ2v) is 3.26. The Bertz CT molecular complexity index is 310. The maximum absolute atomic E-state index is 13.2. The number of rotatable bonds is 4. The molecule has 1 N–H and O–H groups in total. The molecule has 14 heavy (non-hydrogen) atoms. The quantitative estimate of drug-likeness (QED) is 0.784. The van der Waals surface area contributed by atoms with E-state index in [1.54, 1.807) is 13.1 Å². The molecule has 0 bridgehead atoms. The Labute approximate surface area is 83.1 Å². The highest BCUT2D eigenvalue weighted by molar-refractivity contribution is 5.26. The summed E-state index contributed by atoms with van der Waals surface area (Å²) in [4.78, 5) is 0. The van der Waals surface area contributed by atoms with Gasteiger partial charge in [-0.15, -0.1) is 0 Å². The van der Waals surface area contributed by atoms with Crippen LogP contribution in [0.4, 0.5) is 8.78 Å². The molecule has 0 aliphatic rings. The smallest absolute Gasteiger partial charge is 0.162 e. The third-order valence-corrected chi connectivity index (χ3v) is 2.22. The van der Waals surface area contributed by atoms with Crippen molar-refractivity contribution in [3.8, 4) is 0 Å². The average molecular weight is 199 g/mol. The molecule has 0 aromatic heterocycles. The molecule has 1 nitrogen and oxygen atoms in total. The summed E-state index contributed by atoms with van der Waals surface area (Å²) in [6.45, 7) is 2.58. The summed E-state index contributed by atoms with van der Waals surface area (Å²) in [6, 6.07) is 2.99. The molecule has 0 spiro atoms. The molecule has 0 fully saturated rings. The van der Waals surface area contributed by atoms with Gasteiger partial charge in [-0.2, -0.15) is 0 Å². The van der Waals surface area contributed by atoms with Gasteiger partial charge in [-0.3, -0.25) is 0 Å². The van der Waals surface area contributed by atoms with E-state index in [4.69, 9.17) is 0 Å². The van der Waals surface area contributed by atoms with Crippen LogP contribution < -0.4 is 5.32 Å². The molecule has 78 valence electrons. The zero-order valence-corrected chi connectivity index (χ0v) is 8.53. The van der Waals surface area contributed by atoms with Crippen LogP contribution in [0.25, 0.3) is 0 Å². The molecule has 0 heterocycles. The van der Waals surface area contributed by atoms with E-state index in [0.29, 0.717) is 18.5 Å². The molecule has 0 aliphatic heterocycles. The van der Waals surface area contributed by atoms with Crippen LogP contribution in [0.5, 0.6) is 0 Å². The fraction of sp³-hybridized carbons (Fsp3) is 0.455. The Morgan fingerprint density at radius 1 is 1.29 bits per heavy atom. The van der Waals surface area contributed by atoms with Crippen molar-refractivity contribution in [2.75, 3.05) is 13.6 Å². The Morgan fingerprint density at radius 2 is 2.00 bits per heavy atom. The molecule has 1 aromatic rings. The van der Waals surface area contributed by atoms with E-state index in [2.05, 4.69) is 5.32 Å². The van der Waals surface area contributed by atoms with Crippen molar-refractivity contribution in [2.45, 2.75) is 19.8 Å². The fourth-order valence-electron chi connectivity index (χ4n) is 1.35. The SMILES string of the molecule is CCc1cc(F)c(F)c(CCNC)c1. The molecule has 0 amide bonds. The Hall–Kier alpha value is -0.960. The first-order chi connectivity index (χ1) is 6.69. The third-order valence-electron chi connectivity index (χ3n) is 2.22. The number of hydrogen-bond donors (Lipinski definition) is 1. The monoisotopic (exact) mass is 199 g/mol. The molecule has 1 rings (SSSR count). The van der Waals surface area contributed by atoms with Gasteiger partial charge in [-0.1, -0.05) is 13.0 Å². The average Bonchev–Trinajstić information content (AvgIpc) is 2.20. The summed E-state index contributed by atoms with van der Waals surface area (Å²) in [5.41, 5.74) is 1.30. The van der Waals surface area contributed by atoms with Crippen LogP contribution in [0.15, 0.2) is 12.1 Å². The molecule has 0 aliphatic carbocycles. The largest absolute Gasteiger partial charge is 0.319 e. The molecule has 0 atom stereocenters. The normalized spacial score (nSPS) is 10.6. The lowest BCUT2D eigenvalue weighted by atomic mass is 10.1. The Balaban J connectivity index is 2.95. The van der Waals surface area contributed by atoms with Crippen LogP contribution >= 0.6 is 0 Å².